The molecule has 3 nitrogen and oxygen atoms in total. The van der Waals surface area contributed by atoms with Gasteiger partial charge in [0.1, 0.15) is 5.75 Å². The van der Waals surface area contributed by atoms with E-state index in [-0.39, 0.29) is 11.3 Å². The first-order chi connectivity index (χ1) is 10.1. The molecule has 21 heavy (non-hydrogen) atoms. The molecular formula is C18H25NO2. The first-order valence-corrected chi connectivity index (χ1v) is 8.20. The minimum absolute atomic E-state index is 0.230. The van der Waals surface area contributed by atoms with Gasteiger partial charge in [0.2, 0.25) is 0 Å². The minimum Gasteiger partial charge on any atom is -0.490 e. The molecule has 1 heterocycles. The predicted octanol–water partition coefficient (Wildman–Crippen LogP) is 3.68. The Bertz CT molecular complexity index is 518. The second-order valence-corrected chi connectivity index (χ2v) is 6.50. The number of benzene rings is 1. The number of hydrogen-bond acceptors (Lipinski definition) is 3. The zero-order chi connectivity index (χ0) is 14.9. The standard InChI is InChI=1S/C18H25NO2/c1-3-18(2,19-11-4-5-12-19)17(20)14-7-6-8-16(13-14)21-15-9-10-15/h6-8,13,15H,3-5,9-12H2,1-2H3. The van der Waals surface area contributed by atoms with Crippen LogP contribution in [0.2, 0.25) is 0 Å². The fraction of sp³-hybridized carbons (Fsp3) is 0.611. The SMILES string of the molecule is CCC(C)(C(=O)c1cccc(OC2CC2)c1)N1CCCC1. The third-order valence-electron chi connectivity index (χ3n) is 4.90. The highest BCUT2D eigenvalue weighted by Crippen LogP contribution is 2.31. The number of rotatable bonds is 6. The Morgan fingerprint density at radius 1 is 1.33 bits per heavy atom. The molecule has 1 aliphatic heterocycles. The molecule has 1 saturated carbocycles. The van der Waals surface area contributed by atoms with Gasteiger partial charge in [-0.3, -0.25) is 9.69 Å². The van der Waals surface area contributed by atoms with Crippen molar-refractivity contribution in [1.82, 2.24) is 4.90 Å². The number of hydrogen-bond donors (Lipinski definition) is 0. The van der Waals surface area contributed by atoms with Crippen molar-refractivity contribution in [3.05, 3.63) is 29.8 Å². The molecule has 3 rings (SSSR count). The number of likely N-dealkylation sites (tertiary alicyclic amines) is 1. The maximum absolute atomic E-state index is 13.0. The highest BCUT2D eigenvalue weighted by atomic mass is 16.5. The van der Waals surface area contributed by atoms with Gasteiger partial charge in [0.05, 0.1) is 11.6 Å². The molecule has 0 amide bonds. The Labute approximate surface area is 127 Å². The van der Waals surface area contributed by atoms with E-state index in [2.05, 4.69) is 18.7 Å². The summed E-state index contributed by atoms with van der Waals surface area (Å²) in [5.74, 6) is 1.07. The maximum atomic E-state index is 13.0. The van der Waals surface area contributed by atoms with Gasteiger partial charge in [0.15, 0.2) is 5.78 Å². The lowest BCUT2D eigenvalue weighted by Crippen LogP contribution is -2.50. The lowest BCUT2D eigenvalue weighted by atomic mass is 9.87. The highest BCUT2D eigenvalue weighted by Gasteiger charge is 2.39. The van der Waals surface area contributed by atoms with Gasteiger partial charge in [-0.2, -0.15) is 0 Å². The Hall–Kier alpha value is -1.35. The summed E-state index contributed by atoms with van der Waals surface area (Å²) in [4.78, 5) is 15.4. The van der Waals surface area contributed by atoms with E-state index in [0.717, 1.165) is 43.7 Å². The monoisotopic (exact) mass is 287 g/mol. The lowest BCUT2D eigenvalue weighted by Gasteiger charge is -2.36. The average molecular weight is 287 g/mol. The minimum atomic E-state index is -0.380. The molecule has 1 atom stereocenters. The van der Waals surface area contributed by atoms with E-state index in [1.54, 1.807) is 0 Å². The van der Waals surface area contributed by atoms with Gasteiger partial charge in [-0.25, -0.2) is 0 Å². The Balaban J connectivity index is 1.81. The second kappa shape index (κ2) is 5.80. The van der Waals surface area contributed by atoms with Crippen molar-refractivity contribution in [2.75, 3.05) is 13.1 Å². The van der Waals surface area contributed by atoms with Crippen LogP contribution >= 0.6 is 0 Å². The highest BCUT2D eigenvalue weighted by molar-refractivity contribution is 6.03. The van der Waals surface area contributed by atoms with Crippen molar-refractivity contribution in [2.45, 2.75) is 57.6 Å². The lowest BCUT2D eigenvalue weighted by molar-refractivity contribution is 0.0647. The first kappa shape index (κ1) is 14.6. The molecule has 1 aromatic rings. The van der Waals surface area contributed by atoms with Crippen LogP contribution in [-0.4, -0.2) is 35.4 Å². The van der Waals surface area contributed by atoms with Crippen LogP contribution in [0.4, 0.5) is 0 Å². The van der Waals surface area contributed by atoms with Gasteiger partial charge in [-0.05, 0) is 64.3 Å². The van der Waals surface area contributed by atoms with Crippen LogP contribution in [0.15, 0.2) is 24.3 Å². The number of ketones is 1. The molecule has 2 aliphatic rings. The fourth-order valence-corrected chi connectivity index (χ4v) is 3.14. The molecule has 1 aliphatic carbocycles. The molecule has 1 saturated heterocycles. The van der Waals surface area contributed by atoms with E-state index in [1.165, 1.54) is 12.8 Å². The second-order valence-electron chi connectivity index (χ2n) is 6.50. The van der Waals surface area contributed by atoms with Crippen molar-refractivity contribution in [1.29, 1.82) is 0 Å². The van der Waals surface area contributed by atoms with E-state index in [0.29, 0.717) is 6.10 Å². The van der Waals surface area contributed by atoms with Gasteiger partial charge in [0.25, 0.3) is 0 Å². The molecule has 1 aromatic carbocycles. The maximum Gasteiger partial charge on any atom is 0.182 e. The summed E-state index contributed by atoms with van der Waals surface area (Å²) in [6.45, 7) is 6.28. The number of carbonyl (C=O) groups is 1. The summed E-state index contributed by atoms with van der Waals surface area (Å²) < 4.78 is 5.82. The zero-order valence-electron chi connectivity index (χ0n) is 13.1. The van der Waals surface area contributed by atoms with Crippen molar-refractivity contribution in [2.24, 2.45) is 0 Å². The van der Waals surface area contributed by atoms with Gasteiger partial charge in [-0.1, -0.05) is 19.1 Å². The summed E-state index contributed by atoms with van der Waals surface area (Å²) in [6, 6.07) is 7.73. The molecule has 0 spiro atoms. The summed E-state index contributed by atoms with van der Waals surface area (Å²) >= 11 is 0. The molecule has 2 fully saturated rings. The Morgan fingerprint density at radius 2 is 2.05 bits per heavy atom. The van der Waals surface area contributed by atoms with Crippen molar-refractivity contribution < 1.29 is 9.53 Å². The van der Waals surface area contributed by atoms with Crippen LogP contribution in [0.5, 0.6) is 5.75 Å². The summed E-state index contributed by atoms with van der Waals surface area (Å²) in [7, 11) is 0. The number of Topliss-reactive ketones (excluding diaryl/α,β-unsaturated/α-hetero) is 1. The number of ether oxygens (including phenoxy) is 1. The quantitative estimate of drug-likeness (QED) is 0.748. The largest absolute Gasteiger partial charge is 0.490 e. The smallest absolute Gasteiger partial charge is 0.182 e. The van der Waals surface area contributed by atoms with E-state index in [1.807, 2.05) is 24.3 Å². The van der Waals surface area contributed by atoms with Gasteiger partial charge in [-0.15, -0.1) is 0 Å². The van der Waals surface area contributed by atoms with Crippen LogP contribution in [0.3, 0.4) is 0 Å². The fourth-order valence-electron chi connectivity index (χ4n) is 3.14. The summed E-state index contributed by atoms with van der Waals surface area (Å²) in [5, 5.41) is 0. The molecular weight excluding hydrogens is 262 g/mol. The predicted molar refractivity (Wildman–Crippen MR) is 83.9 cm³/mol. The van der Waals surface area contributed by atoms with Crippen molar-refractivity contribution in [3.63, 3.8) is 0 Å². The normalized spacial score (nSPS) is 22.0. The molecule has 3 heteroatoms. The first-order valence-electron chi connectivity index (χ1n) is 8.20. The molecule has 0 bridgehead atoms. The summed E-state index contributed by atoms with van der Waals surface area (Å²) in [6.07, 6.45) is 5.89. The molecule has 114 valence electrons. The van der Waals surface area contributed by atoms with Crippen LogP contribution < -0.4 is 4.74 Å². The molecule has 0 radical (unpaired) electrons. The number of nitrogens with zero attached hydrogens (tertiary/aromatic N) is 1. The van der Waals surface area contributed by atoms with Gasteiger partial charge in [0, 0.05) is 5.56 Å². The van der Waals surface area contributed by atoms with Gasteiger partial charge < -0.3 is 4.74 Å². The topological polar surface area (TPSA) is 29.5 Å². The molecule has 1 unspecified atom stereocenters. The Morgan fingerprint density at radius 3 is 2.67 bits per heavy atom. The third-order valence-corrected chi connectivity index (χ3v) is 4.90. The zero-order valence-corrected chi connectivity index (χ0v) is 13.1. The van der Waals surface area contributed by atoms with E-state index >= 15 is 0 Å². The van der Waals surface area contributed by atoms with Crippen LogP contribution in [0.25, 0.3) is 0 Å². The van der Waals surface area contributed by atoms with E-state index in [9.17, 15) is 4.79 Å². The Kier molecular flexibility index (Phi) is 4.03. The van der Waals surface area contributed by atoms with E-state index in [4.69, 9.17) is 4.74 Å². The summed E-state index contributed by atoms with van der Waals surface area (Å²) in [5.41, 5.74) is 0.402. The van der Waals surface area contributed by atoms with Crippen LogP contribution in [-0.2, 0) is 0 Å². The van der Waals surface area contributed by atoms with Gasteiger partial charge >= 0.3 is 0 Å². The van der Waals surface area contributed by atoms with Crippen LogP contribution in [0, 0.1) is 0 Å². The van der Waals surface area contributed by atoms with Crippen molar-refractivity contribution >= 4 is 5.78 Å². The molecule has 0 N–H and O–H groups in total. The van der Waals surface area contributed by atoms with Crippen LogP contribution in [0.1, 0.15) is 56.3 Å². The van der Waals surface area contributed by atoms with E-state index < -0.39 is 0 Å². The average Bonchev–Trinajstić information content (AvgIpc) is 3.15. The molecule has 0 aromatic heterocycles. The van der Waals surface area contributed by atoms with Crippen molar-refractivity contribution in [3.8, 4) is 5.75 Å². The third kappa shape index (κ3) is 2.98. The number of carbonyl (C=O) groups excluding carboxylic acids is 1.